The molecule has 0 aliphatic rings. The minimum absolute atomic E-state index is 0.173. The van der Waals surface area contributed by atoms with Gasteiger partial charge in [0.25, 0.3) is 5.91 Å². The van der Waals surface area contributed by atoms with E-state index in [2.05, 4.69) is 10.5 Å². The molecule has 1 N–H and O–H groups in total. The molecule has 23 heavy (non-hydrogen) atoms. The van der Waals surface area contributed by atoms with Crippen LogP contribution in [0.5, 0.6) is 11.5 Å². The van der Waals surface area contributed by atoms with Gasteiger partial charge >= 0.3 is 0 Å². The van der Waals surface area contributed by atoms with E-state index in [1.54, 1.807) is 49.6 Å². The SMILES string of the molecule is COc1cccc(OCC(=O)NN=Cc2cccc(Cl)c2Cl)c1. The number of nitrogens with zero attached hydrogens (tertiary/aromatic N) is 1. The van der Waals surface area contributed by atoms with Gasteiger partial charge in [-0.15, -0.1) is 0 Å². The summed E-state index contributed by atoms with van der Waals surface area (Å²) in [5.74, 6) is 0.778. The van der Waals surface area contributed by atoms with E-state index in [1.807, 2.05) is 0 Å². The Kier molecular flexibility index (Phi) is 6.26. The minimum Gasteiger partial charge on any atom is -0.497 e. The zero-order valence-corrected chi connectivity index (χ0v) is 13.8. The van der Waals surface area contributed by atoms with Gasteiger partial charge in [0.2, 0.25) is 0 Å². The first kappa shape index (κ1) is 17.1. The van der Waals surface area contributed by atoms with Crippen LogP contribution < -0.4 is 14.9 Å². The van der Waals surface area contributed by atoms with Crippen LogP contribution in [0.2, 0.25) is 10.0 Å². The van der Waals surface area contributed by atoms with Gasteiger partial charge < -0.3 is 9.47 Å². The smallest absolute Gasteiger partial charge is 0.277 e. The molecule has 0 spiro atoms. The number of halogens is 2. The number of amides is 1. The molecule has 2 aromatic rings. The molecule has 0 heterocycles. The molecular formula is C16H14Cl2N2O3. The van der Waals surface area contributed by atoms with Gasteiger partial charge in [-0.2, -0.15) is 5.10 Å². The van der Waals surface area contributed by atoms with Crippen molar-refractivity contribution in [2.75, 3.05) is 13.7 Å². The molecule has 120 valence electrons. The van der Waals surface area contributed by atoms with E-state index in [4.69, 9.17) is 32.7 Å². The number of nitrogens with one attached hydrogen (secondary N) is 1. The van der Waals surface area contributed by atoms with Gasteiger partial charge in [0.15, 0.2) is 6.61 Å². The van der Waals surface area contributed by atoms with Crippen molar-refractivity contribution in [2.45, 2.75) is 0 Å². The summed E-state index contributed by atoms with van der Waals surface area (Å²) in [6.07, 6.45) is 1.41. The van der Waals surface area contributed by atoms with Crippen molar-refractivity contribution < 1.29 is 14.3 Å². The third-order valence-corrected chi connectivity index (χ3v) is 3.62. The highest BCUT2D eigenvalue weighted by Crippen LogP contribution is 2.24. The summed E-state index contributed by atoms with van der Waals surface area (Å²) in [4.78, 5) is 11.7. The van der Waals surface area contributed by atoms with Gasteiger partial charge in [0.1, 0.15) is 11.5 Å². The van der Waals surface area contributed by atoms with Crippen LogP contribution in [0.3, 0.4) is 0 Å². The Morgan fingerprint density at radius 2 is 1.96 bits per heavy atom. The van der Waals surface area contributed by atoms with Gasteiger partial charge in [-0.25, -0.2) is 5.43 Å². The number of hydrazone groups is 1. The van der Waals surface area contributed by atoms with Crippen molar-refractivity contribution in [2.24, 2.45) is 5.10 Å². The number of hydrogen-bond donors (Lipinski definition) is 1. The summed E-state index contributed by atoms with van der Waals surface area (Å²) in [6, 6.07) is 12.1. The molecule has 0 radical (unpaired) electrons. The molecule has 2 rings (SSSR count). The van der Waals surface area contributed by atoms with E-state index >= 15 is 0 Å². The van der Waals surface area contributed by atoms with Gasteiger partial charge in [-0.05, 0) is 18.2 Å². The molecule has 1 amide bonds. The molecule has 2 aromatic carbocycles. The third-order valence-electron chi connectivity index (χ3n) is 2.79. The highest BCUT2D eigenvalue weighted by atomic mass is 35.5. The summed E-state index contributed by atoms with van der Waals surface area (Å²) in [7, 11) is 1.56. The zero-order valence-electron chi connectivity index (χ0n) is 12.3. The summed E-state index contributed by atoms with van der Waals surface area (Å²) in [5, 5.41) is 4.61. The summed E-state index contributed by atoms with van der Waals surface area (Å²) >= 11 is 11.9. The van der Waals surface area contributed by atoms with E-state index in [1.165, 1.54) is 6.21 Å². The fourth-order valence-corrected chi connectivity index (χ4v) is 2.02. The number of carbonyl (C=O) groups excluding carboxylic acids is 1. The van der Waals surface area contributed by atoms with Crippen LogP contribution in [0.15, 0.2) is 47.6 Å². The van der Waals surface area contributed by atoms with Gasteiger partial charge in [-0.1, -0.05) is 41.4 Å². The van der Waals surface area contributed by atoms with Gasteiger partial charge in [-0.3, -0.25) is 4.79 Å². The lowest BCUT2D eigenvalue weighted by atomic mass is 10.2. The highest BCUT2D eigenvalue weighted by Gasteiger charge is 2.04. The number of hydrogen-bond acceptors (Lipinski definition) is 4. The Labute approximate surface area is 143 Å². The van der Waals surface area contributed by atoms with Crippen molar-refractivity contribution in [3.63, 3.8) is 0 Å². The van der Waals surface area contributed by atoms with E-state index in [0.29, 0.717) is 27.1 Å². The van der Waals surface area contributed by atoms with Crippen LogP contribution in [0.25, 0.3) is 0 Å². The Bertz CT molecular complexity index is 720. The first-order valence-corrected chi connectivity index (χ1v) is 7.38. The van der Waals surface area contributed by atoms with Crippen LogP contribution in [0.4, 0.5) is 0 Å². The van der Waals surface area contributed by atoms with Crippen molar-refractivity contribution in [1.82, 2.24) is 5.43 Å². The molecule has 5 nitrogen and oxygen atoms in total. The van der Waals surface area contributed by atoms with Crippen LogP contribution in [0.1, 0.15) is 5.56 Å². The van der Waals surface area contributed by atoms with E-state index in [9.17, 15) is 4.79 Å². The molecule has 7 heteroatoms. The van der Waals surface area contributed by atoms with E-state index in [0.717, 1.165) is 0 Å². The predicted octanol–water partition coefficient (Wildman–Crippen LogP) is 3.53. The fourth-order valence-electron chi connectivity index (χ4n) is 1.67. The van der Waals surface area contributed by atoms with Crippen LogP contribution in [0, 0.1) is 0 Å². The average molecular weight is 353 g/mol. The molecule has 0 fully saturated rings. The maximum Gasteiger partial charge on any atom is 0.277 e. The van der Waals surface area contributed by atoms with Crippen molar-refractivity contribution in [1.29, 1.82) is 0 Å². The number of rotatable bonds is 6. The maximum atomic E-state index is 11.7. The molecule has 0 aromatic heterocycles. The highest BCUT2D eigenvalue weighted by molar-refractivity contribution is 6.43. The lowest BCUT2D eigenvalue weighted by Crippen LogP contribution is -2.24. The Hall–Kier alpha value is -2.24. The molecule has 0 unspecified atom stereocenters. The normalized spacial score (nSPS) is 10.6. The van der Waals surface area contributed by atoms with Gasteiger partial charge in [0, 0.05) is 11.6 Å². The molecule has 0 atom stereocenters. The van der Waals surface area contributed by atoms with E-state index in [-0.39, 0.29) is 6.61 Å². The quantitative estimate of drug-likeness (QED) is 0.638. The predicted molar refractivity (Wildman–Crippen MR) is 90.7 cm³/mol. The Morgan fingerprint density at radius 3 is 2.74 bits per heavy atom. The summed E-state index contributed by atoms with van der Waals surface area (Å²) < 4.78 is 10.4. The average Bonchev–Trinajstić information content (AvgIpc) is 2.57. The van der Waals surface area contributed by atoms with Crippen molar-refractivity contribution >= 4 is 35.3 Å². The number of ether oxygens (including phenoxy) is 2. The maximum absolute atomic E-state index is 11.7. The molecule has 0 bridgehead atoms. The number of carbonyl (C=O) groups is 1. The van der Waals surface area contributed by atoms with Gasteiger partial charge in [0.05, 0.1) is 23.4 Å². The lowest BCUT2D eigenvalue weighted by Gasteiger charge is -2.06. The molecule has 0 saturated carbocycles. The monoisotopic (exact) mass is 352 g/mol. The molecule has 0 aliphatic carbocycles. The fraction of sp³-hybridized carbons (Fsp3) is 0.125. The lowest BCUT2D eigenvalue weighted by molar-refractivity contribution is -0.123. The van der Waals surface area contributed by atoms with Crippen LogP contribution >= 0.6 is 23.2 Å². The van der Waals surface area contributed by atoms with E-state index < -0.39 is 5.91 Å². The topological polar surface area (TPSA) is 59.9 Å². The Morgan fingerprint density at radius 1 is 1.22 bits per heavy atom. The summed E-state index contributed by atoms with van der Waals surface area (Å²) in [6.45, 7) is -0.173. The molecular weight excluding hydrogens is 339 g/mol. The molecule has 0 saturated heterocycles. The third kappa shape index (κ3) is 5.16. The van der Waals surface area contributed by atoms with Crippen LogP contribution in [-0.2, 0) is 4.79 Å². The van der Waals surface area contributed by atoms with Crippen molar-refractivity contribution in [3.05, 3.63) is 58.1 Å². The zero-order chi connectivity index (χ0) is 16.7. The second-order valence-corrected chi connectivity index (χ2v) is 5.19. The van der Waals surface area contributed by atoms with Crippen LogP contribution in [-0.4, -0.2) is 25.8 Å². The molecule has 0 aliphatic heterocycles. The van der Waals surface area contributed by atoms with Crippen molar-refractivity contribution in [3.8, 4) is 11.5 Å². The first-order valence-electron chi connectivity index (χ1n) is 6.63. The minimum atomic E-state index is -0.401. The number of benzene rings is 2. The largest absolute Gasteiger partial charge is 0.497 e. The second kappa shape index (κ2) is 8.41. The second-order valence-electron chi connectivity index (χ2n) is 4.40. The Balaban J connectivity index is 1.85. The number of methoxy groups -OCH3 is 1. The summed E-state index contributed by atoms with van der Waals surface area (Å²) in [5.41, 5.74) is 2.95. The standard InChI is InChI=1S/C16H14Cl2N2O3/c1-22-12-5-3-6-13(8-12)23-10-15(21)20-19-9-11-4-2-7-14(17)16(11)18/h2-9H,10H2,1H3,(H,20,21). The first-order chi connectivity index (χ1) is 11.1.